The third-order valence-corrected chi connectivity index (χ3v) is 4.23. The number of benzene rings is 1. The number of amides is 1. The van der Waals surface area contributed by atoms with Crippen molar-refractivity contribution in [3.05, 3.63) is 29.3 Å². The van der Waals surface area contributed by atoms with Crippen molar-refractivity contribution in [2.45, 2.75) is 45.8 Å². The number of β-amino-alcohol motifs (C(OH)–C–C–N with tert-alkyl or cyclic N) is 1. The lowest BCUT2D eigenvalue weighted by molar-refractivity contribution is -0.120. The average molecular weight is 320 g/mol. The van der Waals surface area contributed by atoms with E-state index in [1.165, 1.54) is 5.56 Å². The van der Waals surface area contributed by atoms with Crippen molar-refractivity contribution >= 4 is 5.91 Å². The van der Waals surface area contributed by atoms with Crippen molar-refractivity contribution in [3.8, 4) is 5.75 Å². The molecule has 1 fully saturated rings. The second kappa shape index (κ2) is 8.31. The summed E-state index contributed by atoms with van der Waals surface area (Å²) in [6, 6.07) is 6.32. The Balaban J connectivity index is 1.71. The third kappa shape index (κ3) is 5.84. The van der Waals surface area contributed by atoms with Gasteiger partial charge in [-0.2, -0.15) is 0 Å². The van der Waals surface area contributed by atoms with E-state index in [-0.39, 0.29) is 11.9 Å². The summed E-state index contributed by atoms with van der Waals surface area (Å²) in [4.78, 5) is 13.3. The number of carbonyl (C=O) groups is 1. The van der Waals surface area contributed by atoms with Crippen molar-refractivity contribution in [3.63, 3.8) is 0 Å². The fraction of sp³-hybridized carbons (Fsp3) is 0.611. The lowest BCUT2D eigenvalue weighted by Gasteiger charge is -2.33. The number of aliphatic hydroxyl groups is 1. The minimum Gasteiger partial charge on any atom is -0.491 e. The van der Waals surface area contributed by atoms with Gasteiger partial charge < -0.3 is 20.1 Å². The number of carbonyl (C=O) groups excluding carboxylic acids is 1. The van der Waals surface area contributed by atoms with Crippen LogP contribution in [0.2, 0.25) is 0 Å². The van der Waals surface area contributed by atoms with Gasteiger partial charge in [-0.25, -0.2) is 0 Å². The Bertz CT molecular complexity index is 525. The summed E-state index contributed by atoms with van der Waals surface area (Å²) in [6.45, 7) is 8.32. The Morgan fingerprint density at radius 1 is 1.39 bits per heavy atom. The minimum absolute atomic E-state index is 0.0327. The number of nitrogens with one attached hydrogen (secondary N) is 1. The molecule has 2 N–H and O–H groups in total. The SMILES string of the molecule is CC(=O)NC1CCN(CC(O)COc2ccc(C)cc2C)CC1. The van der Waals surface area contributed by atoms with Crippen molar-refractivity contribution in [2.24, 2.45) is 0 Å². The molecule has 0 spiro atoms. The van der Waals surface area contributed by atoms with Crippen molar-refractivity contribution < 1.29 is 14.6 Å². The van der Waals surface area contributed by atoms with Crippen LogP contribution in [-0.2, 0) is 4.79 Å². The van der Waals surface area contributed by atoms with E-state index in [4.69, 9.17) is 4.74 Å². The van der Waals surface area contributed by atoms with Crippen LogP contribution in [0, 0.1) is 13.8 Å². The zero-order valence-electron chi connectivity index (χ0n) is 14.3. The van der Waals surface area contributed by atoms with E-state index in [9.17, 15) is 9.90 Å². The van der Waals surface area contributed by atoms with Crippen LogP contribution in [-0.4, -0.2) is 54.3 Å². The minimum atomic E-state index is -0.506. The Hall–Kier alpha value is -1.59. The largest absolute Gasteiger partial charge is 0.491 e. The molecule has 0 aliphatic carbocycles. The van der Waals surface area contributed by atoms with Gasteiger partial charge in [-0.3, -0.25) is 4.79 Å². The molecule has 1 aromatic rings. The van der Waals surface area contributed by atoms with Crippen LogP contribution in [0.5, 0.6) is 5.75 Å². The Morgan fingerprint density at radius 2 is 2.09 bits per heavy atom. The monoisotopic (exact) mass is 320 g/mol. The fourth-order valence-electron chi connectivity index (χ4n) is 3.05. The van der Waals surface area contributed by atoms with E-state index in [2.05, 4.69) is 23.2 Å². The van der Waals surface area contributed by atoms with Crippen LogP contribution in [0.4, 0.5) is 0 Å². The summed E-state index contributed by atoms with van der Waals surface area (Å²) in [5.74, 6) is 0.865. The smallest absolute Gasteiger partial charge is 0.217 e. The molecule has 1 amide bonds. The van der Waals surface area contributed by atoms with Crippen LogP contribution in [0.1, 0.15) is 30.9 Å². The zero-order chi connectivity index (χ0) is 16.8. The van der Waals surface area contributed by atoms with E-state index in [0.29, 0.717) is 13.2 Å². The number of nitrogens with zero attached hydrogens (tertiary/aromatic N) is 1. The normalized spacial score (nSPS) is 17.7. The lowest BCUT2D eigenvalue weighted by atomic mass is 10.0. The molecule has 1 unspecified atom stereocenters. The van der Waals surface area contributed by atoms with Gasteiger partial charge in [0.1, 0.15) is 18.5 Å². The summed E-state index contributed by atoms with van der Waals surface area (Å²) in [6.07, 6.45) is 1.36. The first-order chi connectivity index (χ1) is 10.9. The predicted molar refractivity (Wildman–Crippen MR) is 90.7 cm³/mol. The average Bonchev–Trinajstić information content (AvgIpc) is 2.48. The van der Waals surface area contributed by atoms with Gasteiger partial charge in [-0.1, -0.05) is 17.7 Å². The van der Waals surface area contributed by atoms with Gasteiger partial charge in [0.05, 0.1) is 0 Å². The second-order valence-corrected chi connectivity index (χ2v) is 6.51. The summed E-state index contributed by atoms with van der Waals surface area (Å²) in [5.41, 5.74) is 2.30. The molecule has 5 heteroatoms. The quantitative estimate of drug-likeness (QED) is 0.836. The van der Waals surface area contributed by atoms with Gasteiger partial charge in [0, 0.05) is 32.6 Å². The van der Waals surface area contributed by atoms with Crippen LogP contribution >= 0.6 is 0 Å². The molecule has 23 heavy (non-hydrogen) atoms. The van der Waals surface area contributed by atoms with Gasteiger partial charge >= 0.3 is 0 Å². The first-order valence-corrected chi connectivity index (χ1v) is 8.31. The summed E-state index contributed by atoms with van der Waals surface area (Å²) >= 11 is 0. The molecule has 1 aliphatic heterocycles. The molecule has 0 radical (unpaired) electrons. The first-order valence-electron chi connectivity index (χ1n) is 8.31. The second-order valence-electron chi connectivity index (χ2n) is 6.51. The van der Waals surface area contributed by atoms with Gasteiger partial charge in [0.25, 0.3) is 0 Å². The third-order valence-electron chi connectivity index (χ3n) is 4.23. The van der Waals surface area contributed by atoms with Crippen LogP contribution in [0.15, 0.2) is 18.2 Å². The number of aryl methyl sites for hydroxylation is 2. The fourth-order valence-corrected chi connectivity index (χ4v) is 3.05. The number of rotatable bonds is 6. The molecule has 128 valence electrons. The number of aliphatic hydroxyl groups excluding tert-OH is 1. The van der Waals surface area contributed by atoms with E-state index in [1.54, 1.807) is 6.92 Å². The standard InChI is InChI=1S/C18H28N2O3/c1-13-4-5-18(14(2)10-13)23-12-17(22)11-20-8-6-16(7-9-20)19-15(3)21/h4-5,10,16-17,22H,6-9,11-12H2,1-3H3,(H,19,21). The maximum absolute atomic E-state index is 11.1. The molecule has 0 saturated carbocycles. The van der Waals surface area contributed by atoms with E-state index >= 15 is 0 Å². The van der Waals surface area contributed by atoms with Gasteiger partial charge in [0.2, 0.25) is 5.91 Å². The maximum atomic E-state index is 11.1. The van der Waals surface area contributed by atoms with E-state index in [0.717, 1.165) is 37.2 Å². The molecular formula is C18H28N2O3. The van der Waals surface area contributed by atoms with Crippen molar-refractivity contribution in [2.75, 3.05) is 26.2 Å². The predicted octanol–water partition coefficient (Wildman–Crippen LogP) is 1.64. The van der Waals surface area contributed by atoms with Gasteiger partial charge in [-0.05, 0) is 38.3 Å². The maximum Gasteiger partial charge on any atom is 0.217 e. The molecular weight excluding hydrogens is 292 g/mol. The lowest BCUT2D eigenvalue weighted by Crippen LogP contribution is -2.46. The first kappa shape index (κ1) is 17.8. The highest BCUT2D eigenvalue weighted by Crippen LogP contribution is 2.19. The number of hydrogen-bond acceptors (Lipinski definition) is 4. The van der Waals surface area contributed by atoms with E-state index in [1.807, 2.05) is 19.1 Å². The molecule has 0 aromatic heterocycles. The van der Waals surface area contributed by atoms with Crippen molar-refractivity contribution in [1.29, 1.82) is 0 Å². The number of ether oxygens (including phenoxy) is 1. The molecule has 1 aliphatic rings. The molecule has 1 atom stereocenters. The van der Waals surface area contributed by atoms with Gasteiger partial charge in [0.15, 0.2) is 0 Å². The highest BCUT2D eigenvalue weighted by molar-refractivity contribution is 5.73. The van der Waals surface area contributed by atoms with Gasteiger partial charge in [-0.15, -0.1) is 0 Å². The van der Waals surface area contributed by atoms with Crippen LogP contribution in [0.25, 0.3) is 0 Å². The number of hydrogen-bond donors (Lipinski definition) is 2. The van der Waals surface area contributed by atoms with Crippen molar-refractivity contribution in [1.82, 2.24) is 10.2 Å². The highest BCUT2D eigenvalue weighted by Gasteiger charge is 2.21. The summed E-state index contributed by atoms with van der Waals surface area (Å²) in [5, 5.41) is 13.1. The number of likely N-dealkylation sites (tertiary alicyclic amines) is 1. The van der Waals surface area contributed by atoms with Crippen LogP contribution in [0.3, 0.4) is 0 Å². The molecule has 5 nitrogen and oxygen atoms in total. The molecule has 1 aromatic carbocycles. The van der Waals surface area contributed by atoms with Crippen LogP contribution < -0.4 is 10.1 Å². The molecule has 0 bridgehead atoms. The summed E-state index contributed by atoms with van der Waals surface area (Å²) < 4.78 is 5.74. The number of piperidine rings is 1. The Kier molecular flexibility index (Phi) is 6.42. The zero-order valence-corrected chi connectivity index (χ0v) is 14.3. The molecule has 1 saturated heterocycles. The van der Waals surface area contributed by atoms with E-state index < -0.39 is 6.10 Å². The summed E-state index contributed by atoms with van der Waals surface area (Å²) in [7, 11) is 0. The highest BCUT2D eigenvalue weighted by atomic mass is 16.5. The molecule has 1 heterocycles. The Morgan fingerprint density at radius 3 is 2.70 bits per heavy atom. The molecule has 2 rings (SSSR count). The topological polar surface area (TPSA) is 61.8 Å². The Labute approximate surface area is 138 Å².